The fourth-order valence-electron chi connectivity index (χ4n) is 1.65. The highest BCUT2D eigenvalue weighted by Crippen LogP contribution is 2.30. The second-order valence-electron chi connectivity index (χ2n) is 3.58. The molecule has 0 saturated heterocycles. The Bertz CT molecular complexity index is 513. The van der Waals surface area contributed by atoms with E-state index in [1.54, 1.807) is 6.20 Å². The molecule has 3 nitrogen and oxygen atoms in total. The lowest BCUT2D eigenvalue weighted by molar-refractivity contribution is -0.137. The predicted octanol–water partition coefficient (Wildman–Crippen LogP) is 3.51. The first-order valence-electron chi connectivity index (χ1n) is 5.03. The van der Waals surface area contributed by atoms with Crippen LogP contribution in [0.3, 0.4) is 0 Å². The number of aromatic nitrogens is 1. The minimum absolute atomic E-state index is 0.0595. The van der Waals surface area contributed by atoms with Gasteiger partial charge in [0, 0.05) is 22.0 Å². The summed E-state index contributed by atoms with van der Waals surface area (Å²) in [6, 6.07) is 7.69. The molecule has 0 aliphatic rings. The monoisotopic (exact) mass is 311 g/mol. The van der Waals surface area contributed by atoms with Gasteiger partial charge in [0.1, 0.15) is 5.01 Å². The van der Waals surface area contributed by atoms with Crippen molar-refractivity contribution in [3.8, 4) is 0 Å². The third kappa shape index (κ3) is 3.14. The summed E-state index contributed by atoms with van der Waals surface area (Å²) in [4.78, 5) is 15.1. The number of hydrogen-bond donors (Lipinski definition) is 1. The number of aliphatic carboxylic acids is 1. The van der Waals surface area contributed by atoms with Gasteiger partial charge in [-0.05, 0) is 17.7 Å². The van der Waals surface area contributed by atoms with Gasteiger partial charge in [0.05, 0.1) is 6.42 Å². The molecule has 0 aliphatic heterocycles. The highest BCUT2D eigenvalue weighted by atomic mass is 79.9. The fraction of sp³-hybridized carbons (Fsp3) is 0.167. The smallest absolute Gasteiger partial charge is 0.304 e. The van der Waals surface area contributed by atoms with E-state index in [9.17, 15) is 4.79 Å². The van der Waals surface area contributed by atoms with Gasteiger partial charge < -0.3 is 5.11 Å². The SMILES string of the molecule is O=C(O)CC(c1cccc(Br)c1)c1nccs1. The van der Waals surface area contributed by atoms with Gasteiger partial charge in [-0.1, -0.05) is 28.1 Å². The van der Waals surface area contributed by atoms with Crippen LogP contribution in [0.15, 0.2) is 40.3 Å². The van der Waals surface area contributed by atoms with Crippen LogP contribution in [0.4, 0.5) is 0 Å². The van der Waals surface area contributed by atoms with Crippen LogP contribution in [-0.2, 0) is 4.79 Å². The lowest BCUT2D eigenvalue weighted by Crippen LogP contribution is -2.07. The normalized spacial score (nSPS) is 12.3. The predicted molar refractivity (Wildman–Crippen MR) is 70.4 cm³/mol. The number of benzene rings is 1. The molecular weight excluding hydrogens is 302 g/mol. The zero-order chi connectivity index (χ0) is 12.3. The molecule has 2 aromatic rings. The first-order chi connectivity index (χ1) is 8.16. The van der Waals surface area contributed by atoms with Gasteiger partial charge >= 0.3 is 5.97 Å². The molecule has 5 heteroatoms. The summed E-state index contributed by atoms with van der Waals surface area (Å²) >= 11 is 4.88. The summed E-state index contributed by atoms with van der Waals surface area (Å²) in [6.07, 6.45) is 1.76. The van der Waals surface area contributed by atoms with Crippen LogP contribution in [-0.4, -0.2) is 16.1 Å². The van der Waals surface area contributed by atoms with Crippen LogP contribution in [0.25, 0.3) is 0 Å². The lowest BCUT2D eigenvalue weighted by Gasteiger charge is -2.12. The molecule has 2 rings (SSSR count). The molecule has 0 radical (unpaired) electrons. The number of hydrogen-bond acceptors (Lipinski definition) is 3. The van der Waals surface area contributed by atoms with Crippen molar-refractivity contribution in [2.45, 2.75) is 12.3 Å². The Morgan fingerprint density at radius 3 is 2.94 bits per heavy atom. The molecule has 0 saturated carbocycles. The van der Waals surface area contributed by atoms with Gasteiger partial charge in [-0.2, -0.15) is 0 Å². The molecule has 1 unspecified atom stereocenters. The Morgan fingerprint density at radius 2 is 2.35 bits per heavy atom. The summed E-state index contributed by atoms with van der Waals surface area (Å²) in [5.74, 6) is -0.991. The molecule has 0 fully saturated rings. The number of thiazole rings is 1. The van der Waals surface area contributed by atoms with Crippen LogP contribution in [0.5, 0.6) is 0 Å². The Labute approximate surface area is 111 Å². The molecule has 88 valence electrons. The average Bonchev–Trinajstić information content (AvgIpc) is 2.79. The molecule has 1 atom stereocenters. The molecule has 0 aliphatic carbocycles. The number of carboxylic acid groups (broad SMARTS) is 1. The van der Waals surface area contributed by atoms with E-state index < -0.39 is 5.97 Å². The highest BCUT2D eigenvalue weighted by molar-refractivity contribution is 9.10. The lowest BCUT2D eigenvalue weighted by atomic mass is 9.96. The van der Waals surface area contributed by atoms with Gasteiger partial charge in [-0.25, -0.2) is 4.98 Å². The average molecular weight is 312 g/mol. The summed E-state index contributed by atoms with van der Waals surface area (Å²) in [7, 11) is 0. The van der Waals surface area contributed by atoms with E-state index in [-0.39, 0.29) is 12.3 Å². The quantitative estimate of drug-likeness (QED) is 0.940. The number of halogens is 1. The molecular formula is C12H10BrNO2S. The second-order valence-corrected chi connectivity index (χ2v) is 5.42. The first-order valence-corrected chi connectivity index (χ1v) is 6.70. The zero-order valence-corrected chi connectivity index (χ0v) is 11.2. The van der Waals surface area contributed by atoms with E-state index in [1.807, 2.05) is 29.6 Å². The molecule has 1 heterocycles. The molecule has 0 spiro atoms. The van der Waals surface area contributed by atoms with Crippen LogP contribution >= 0.6 is 27.3 Å². The summed E-state index contributed by atoms with van der Waals surface area (Å²) < 4.78 is 0.946. The maximum atomic E-state index is 10.9. The standard InChI is InChI=1S/C12H10BrNO2S/c13-9-3-1-2-8(6-9)10(7-11(15)16)12-14-4-5-17-12/h1-6,10H,7H2,(H,15,16). The van der Waals surface area contributed by atoms with Crippen molar-refractivity contribution < 1.29 is 9.90 Å². The third-order valence-electron chi connectivity index (χ3n) is 2.38. The van der Waals surface area contributed by atoms with Crippen LogP contribution < -0.4 is 0 Å². The molecule has 1 aromatic heterocycles. The second kappa shape index (κ2) is 5.42. The van der Waals surface area contributed by atoms with Crippen molar-refractivity contribution in [1.82, 2.24) is 4.98 Å². The number of nitrogens with zero attached hydrogens (tertiary/aromatic N) is 1. The largest absolute Gasteiger partial charge is 0.481 e. The van der Waals surface area contributed by atoms with E-state index in [0.717, 1.165) is 15.0 Å². The van der Waals surface area contributed by atoms with Gasteiger partial charge in [0.2, 0.25) is 0 Å². The van der Waals surface area contributed by atoms with Gasteiger partial charge in [-0.15, -0.1) is 11.3 Å². The van der Waals surface area contributed by atoms with Crippen LogP contribution in [0.2, 0.25) is 0 Å². The molecule has 1 N–H and O–H groups in total. The molecule has 0 amide bonds. The fourth-order valence-corrected chi connectivity index (χ4v) is 2.84. The van der Waals surface area contributed by atoms with E-state index in [2.05, 4.69) is 20.9 Å². The van der Waals surface area contributed by atoms with Crippen molar-refractivity contribution in [1.29, 1.82) is 0 Å². The van der Waals surface area contributed by atoms with Crippen molar-refractivity contribution in [3.05, 3.63) is 50.9 Å². The number of carbonyl (C=O) groups is 1. The van der Waals surface area contributed by atoms with Crippen LogP contribution in [0.1, 0.15) is 22.9 Å². The first kappa shape index (κ1) is 12.3. The summed E-state index contributed by atoms with van der Waals surface area (Å²) in [5.41, 5.74) is 0.969. The minimum atomic E-state index is -0.815. The maximum absolute atomic E-state index is 10.9. The summed E-state index contributed by atoms with van der Waals surface area (Å²) in [5, 5.41) is 11.7. The highest BCUT2D eigenvalue weighted by Gasteiger charge is 2.20. The summed E-state index contributed by atoms with van der Waals surface area (Å²) in [6.45, 7) is 0. The number of rotatable bonds is 4. The van der Waals surface area contributed by atoms with Crippen molar-refractivity contribution >= 4 is 33.2 Å². The molecule has 1 aromatic carbocycles. The topological polar surface area (TPSA) is 50.2 Å². The van der Waals surface area contributed by atoms with E-state index in [4.69, 9.17) is 5.11 Å². The Hall–Kier alpha value is -1.20. The van der Waals surface area contributed by atoms with E-state index in [0.29, 0.717) is 0 Å². The molecule has 17 heavy (non-hydrogen) atoms. The zero-order valence-electron chi connectivity index (χ0n) is 8.84. The number of carboxylic acids is 1. The van der Waals surface area contributed by atoms with E-state index in [1.165, 1.54) is 11.3 Å². The van der Waals surface area contributed by atoms with Gasteiger partial charge in [-0.3, -0.25) is 4.79 Å². The van der Waals surface area contributed by atoms with Crippen molar-refractivity contribution in [3.63, 3.8) is 0 Å². The van der Waals surface area contributed by atoms with E-state index >= 15 is 0 Å². The maximum Gasteiger partial charge on any atom is 0.304 e. The van der Waals surface area contributed by atoms with Gasteiger partial charge in [0.15, 0.2) is 0 Å². The molecule has 0 bridgehead atoms. The van der Waals surface area contributed by atoms with Gasteiger partial charge in [0.25, 0.3) is 0 Å². The Morgan fingerprint density at radius 1 is 1.53 bits per heavy atom. The van der Waals surface area contributed by atoms with Crippen molar-refractivity contribution in [2.75, 3.05) is 0 Å². The third-order valence-corrected chi connectivity index (χ3v) is 3.76. The Balaban J connectivity index is 2.36. The van der Waals surface area contributed by atoms with Crippen LogP contribution in [0, 0.1) is 0 Å². The Kier molecular flexibility index (Phi) is 3.91. The minimum Gasteiger partial charge on any atom is -0.481 e. The van der Waals surface area contributed by atoms with Crippen molar-refractivity contribution in [2.24, 2.45) is 0 Å².